The summed E-state index contributed by atoms with van der Waals surface area (Å²) in [5, 5.41) is 10.7. The van der Waals surface area contributed by atoms with Crippen LogP contribution in [-0.4, -0.2) is 39.8 Å². The Hall–Kier alpha value is -1.56. The Morgan fingerprint density at radius 2 is 2.04 bits per heavy atom. The van der Waals surface area contributed by atoms with Crippen molar-refractivity contribution < 1.29 is 19.4 Å². The molecule has 1 N–H and O–H groups in total. The van der Waals surface area contributed by atoms with Gasteiger partial charge < -0.3 is 14.7 Å². The van der Waals surface area contributed by atoms with Crippen molar-refractivity contribution in [3.8, 4) is 0 Å². The van der Waals surface area contributed by atoms with Gasteiger partial charge in [0.25, 0.3) is 0 Å². The summed E-state index contributed by atoms with van der Waals surface area (Å²) in [4.78, 5) is 26.6. The minimum atomic E-state index is -0.896. The molecule has 2 aliphatic carbocycles. The van der Waals surface area contributed by atoms with Crippen LogP contribution >= 0.6 is 11.3 Å². The van der Waals surface area contributed by atoms with Crippen LogP contribution in [0.2, 0.25) is 0 Å². The van der Waals surface area contributed by atoms with E-state index in [9.17, 15) is 9.59 Å². The quantitative estimate of drug-likeness (QED) is 0.898. The van der Waals surface area contributed by atoms with E-state index in [-0.39, 0.29) is 24.1 Å². The van der Waals surface area contributed by atoms with Gasteiger partial charge in [0.2, 0.25) is 0 Å². The predicted octanol–water partition coefficient (Wildman–Crippen LogP) is 4.09. The summed E-state index contributed by atoms with van der Waals surface area (Å²) >= 11 is 1.47. The van der Waals surface area contributed by atoms with Crippen LogP contribution in [0.4, 0.5) is 4.79 Å². The van der Waals surface area contributed by atoms with Crippen LogP contribution in [0.25, 0.3) is 0 Å². The molecule has 23 heavy (non-hydrogen) atoms. The topological polar surface area (TPSA) is 66.8 Å². The molecule has 126 valence electrons. The molecule has 0 aromatic carbocycles. The van der Waals surface area contributed by atoms with Crippen molar-refractivity contribution in [3.63, 3.8) is 0 Å². The zero-order chi connectivity index (χ0) is 16.8. The number of carboxylic acid groups (broad SMARTS) is 1. The zero-order valence-electron chi connectivity index (χ0n) is 13.7. The van der Waals surface area contributed by atoms with Crippen LogP contribution in [0.15, 0.2) is 11.4 Å². The number of carbonyl (C=O) groups excluding carboxylic acids is 1. The maximum Gasteiger partial charge on any atom is 0.410 e. The van der Waals surface area contributed by atoms with Gasteiger partial charge in [0.05, 0.1) is 5.56 Å². The van der Waals surface area contributed by atoms with Crippen molar-refractivity contribution in [2.75, 3.05) is 0 Å². The van der Waals surface area contributed by atoms with Crippen molar-refractivity contribution in [2.24, 2.45) is 0 Å². The number of rotatable bonds is 4. The summed E-state index contributed by atoms with van der Waals surface area (Å²) in [5.41, 5.74) is -0.161. The molecule has 6 heteroatoms. The van der Waals surface area contributed by atoms with Gasteiger partial charge in [-0.1, -0.05) is 0 Å². The van der Waals surface area contributed by atoms with E-state index in [1.807, 2.05) is 25.7 Å². The van der Waals surface area contributed by atoms with Crippen molar-refractivity contribution >= 4 is 23.4 Å². The lowest BCUT2D eigenvalue weighted by Crippen LogP contribution is -2.48. The van der Waals surface area contributed by atoms with Gasteiger partial charge >= 0.3 is 12.1 Å². The van der Waals surface area contributed by atoms with Crippen LogP contribution < -0.4 is 0 Å². The van der Waals surface area contributed by atoms with Gasteiger partial charge in [-0.15, -0.1) is 11.3 Å². The maximum atomic E-state index is 12.6. The fourth-order valence-corrected chi connectivity index (χ4v) is 4.04. The first-order valence-electron chi connectivity index (χ1n) is 8.09. The van der Waals surface area contributed by atoms with Gasteiger partial charge in [0.15, 0.2) is 0 Å². The molecule has 0 bridgehead atoms. The lowest BCUT2D eigenvalue weighted by molar-refractivity contribution is 0.00409. The van der Waals surface area contributed by atoms with E-state index >= 15 is 0 Å². The van der Waals surface area contributed by atoms with Crippen molar-refractivity contribution in [3.05, 3.63) is 21.9 Å². The highest BCUT2D eigenvalue weighted by molar-refractivity contribution is 7.10. The van der Waals surface area contributed by atoms with Crippen LogP contribution in [0.3, 0.4) is 0 Å². The molecule has 2 unspecified atom stereocenters. The van der Waals surface area contributed by atoms with Gasteiger partial charge in [-0.2, -0.15) is 0 Å². The number of ether oxygens (including phenoxy) is 1. The molecule has 1 heterocycles. The highest BCUT2D eigenvalue weighted by Gasteiger charge is 2.50. The molecule has 1 aromatic heterocycles. The van der Waals surface area contributed by atoms with Crippen molar-refractivity contribution in [1.29, 1.82) is 0 Å². The number of carboxylic acids is 1. The maximum absolute atomic E-state index is 12.6. The number of carbonyl (C=O) groups is 2. The summed E-state index contributed by atoms with van der Waals surface area (Å²) < 4.78 is 5.58. The summed E-state index contributed by atoms with van der Waals surface area (Å²) in [6, 6.07) is 2.17. The second kappa shape index (κ2) is 5.82. The van der Waals surface area contributed by atoms with Crippen molar-refractivity contribution in [2.45, 2.75) is 70.1 Å². The minimum Gasteiger partial charge on any atom is -0.478 e. The first-order valence-corrected chi connectivity index (χ1v) is 8.97. The van der Waals surface area contributed by atoms with Gasteiger partial charge in [0.1, 0.15) is 5.60 Å². The molecule has 0 spiro atoms. The standard InChI is InChI=1S/C17H23NO4S/c1-17(2,3)22-16(21)18(11-5-4-6-11)13-8-12(13)14-7-10(9-23-14)15(19)20/h7,9,11-13H,4-6,8H2,1-3H3,(H,19,20). The van der Waals surface area contributed by atoms with Crippen LogP contribution in [-0.2, 0) is 4.74 Å². The number of aromatic carboxylic acids is 1. The van der Waals surface area contributed by atoms with Crippen LogP contribution in [0.1, 0.15) is 67.6 Å². The fourth-order valence-electron chi connectivity index (χ4n) is 2.99. The molecule has 1 amide bonds. The Morgan fingerprint density at radius 3 is 2.52 bits per heavy atom. The molecule has 2 atom stereocenters. The Kier molecular flexibility index (Phi) is 4.12. The average molecular weight is 337 g/mol. The van der Waals surface area contributed by atoms with E-state index in [1.165, 1.54) is 11.3 Å². The van der Waals surface area contributed by atoms with Gasteiger partial charge in [-0.25, -0.2) is 9.59 Å². The van der Waals surface area contributed by atoms with Gasteiger partial charge in [0, 0.05) is 28.3 Å². The molecular formula is C17H23NO4S. The second-order valence-corrected chi connectivity index (χ2v) is 8.37. The summed E-state index contributed by atoms with van der Waals surface area (Å²) in [6.45, 7) is 5.64. The number of thiophene rings is 1. The Bertz CT molecular complexity index is 614. The number of hydrogen-bond acceptors (Lipinski definition) is 4. The lowest BCUT2D eigenvalue weighted by atomic mass is 9.91. The van der Waals surface area contributed by atoms with Gasteiger partial charge in [-0.05, 0) is 52.5 Å². The first kappa shape index (κ1) is 16.3. The number of nitrogens with zero attached hydrogens (tertiary/aromatic N) is 1. The number of amides is 1. The molecule has 0 saturated heterocycles. The monoisotopic (exact) mass is 337 g/mol. The molecule has 1 aromatic rings. The Labute approximate surface area is 140 Å². The molecule has 5 nitrogen and oxygen atoms in total. The molecular weight excluding hydrogens is 314 g/mol. The smallest absolute Gasteiger partial charge is 0.410 e. The van der Waals surface area contributed by atoms with E-state index in [2.05, 4.69) is 0 Å². The van der Waals surface area contributed by atoms with Gasteiger partial charge in [-0.3, -0.25) is 0 Å². The first-order chi connectivity index (χ1) is 10.8. The van der Waals surface area contributed by atoms with E-state index in [1.54, 1.807) is 11.4 Å². The van der Waals surface area contributed by atoms with E-state index in [4.69, 9.17) is 9.84 Å². The Balaban J connectivity index is 1.71. The normalized spacial score (nSPS) is 24.0. The third-order valence-electron chi connectivity index (χ3n) is 4.42. The SMILES string of the molecule is CC(C)(C)OC(=O)N(C1CCC1)C1CC1c1cc(C(=O)O)cs1. The van der Waals surface area contributed by atoms with E-state index in [0.717, 1.165) is 30.6 Å². The molecule has 2 saturated carbocycles. The highest BCUT2D eigenvalue weighted by Crippen LogP contribution is 2.49. The zero-order valence-corrected chi connectivity index (χ0v) is 14.6. The Morgan fingerprint density at radius 1 is 1.35 bits per heavy atom. The summed E-state index contributed by atoms with van der Waals surface area (Å²) in [5.74, 6) is -0.645. The molecule has 2 fully saturated rings. The van der Waals surface area contributed by atoms with Crippen molar-refractivity contribution in [1.82, 2.24) is 4.90 Å². The minimum absolute atomic E-state index is 0.149. The fraction of sp³-hybridized carbons (Fsp3) is 0.647. The van der Waals surface area contributed by atoms with E-state index in [0.29, 0.717) is 5.56 Å². The molecule has 2 aliphatic rings. The number of hydrogen-bond donors (Lipinski definition) is 1. The van der Waals surface area contributed by atoms with E-state index < -0.39 is 11.6 Å². The lowest BCUT2D eigenvalue weighted by Gasteiger charge is -2.38. The summed E-state index contributed by atoms with van der Waals surface area (Å²) in [6.07, 6.45) is 3.89. The predicted molar refractivity (Wildman–Crippen MR) is 88.1 cm³/mol. The average Bonchev–Trinajstić information content (AvgIpc) is 2.97. The molecule has 0 aliphatic heterocycles. The largest absolute Gasteiger partial charge is 0.478 e. The second-order valence-electron chi connectivity index (χ2n) is 7.42. The molecule has 0 radical (unpaired) electrons. The highest BCUT2D eigenvalue weighted by atomic mass is 32.1. The summed E-state index contributed by atoms with van der Waals surface area (Å²) in [7, 11) is 0. The van der Waals surface area contributed by atoms with Crippen LogP contribution in [0, 0.1) is 0 Å². The third-order valence-corrected chi connectivity index (χ3v) is 5.48. The van der Waals surface area contributed by atoms with Crippen LogP contribution in [0.5, 0.6) is 0 Å². The molecule has 3 rings (SSSR count). The third kappa shape index (κ3) is 3.52.